The molecule has 0 heterocycles. The number of hydrogen-bond donors (Lipinski definition) is 0. The summed E-state index contributed by atoms with van der Waals surface area (Å²) in [5.41, 5.74) is -0.559. The highest BCUT2D eigenvalue weighted by molar-refractivity contribution is 5.32. The van der Waals surface area contributed by atoms with Gasteiger partial charge in [-0.05, 0) is 24.7 Å². The molecule has 0 aromatic heterocycles. The van der Waals surface area contributed by atoms with E-state index < -0.39 is 5.41 Å². The quantitative estimate of drug-likeness (QED) is 0.523. The molecule has 11 heavy (non-hydrogen) atoms. The van der Waals surface area contributed by atoms with Crippen molar-refractivity contribution < 1.29 is 0 Å². The molecule has 56 valence electrons. The van der Waals surface area contributed by atoms with Crippen molar-refractivity contribution in [3.63, 3.8) is 0 Å². The molecule has 2 rings (SSSR count). The number of rotatable bonds is 0. The van der Waals surface area contributed by atoms with Gasteiger partial charge in [-0.1, -0.05) is 12.8 Å². The molecule has 2 aliphatic rings. The van der Waals surface area contributed by atoms with Crippen molar-refractivity contribution in [1.29, 1.82) is 10.5 Å². The van der Waals surface area contributed by atoms with Crippen molar-refractivity contribution in [2.45, 2.75) is 25.7 Å². The molecule has 0 bridgehead atoms. The zero-order valence-electron chi connectivity index (χ0n) is 6.38. The van der Waals surface area contributed by atoms with Crippen LogP contribution < -0.4 is 0 Å². The van der Waals surface area contributed by atoms with Crippen LogP contribution in [0.25, 0.3) is 0 Å². The number of hydrogen-bond acceptors (Lipinski definition) is 2. The summed E-state index contributed by atoms with van der Waals surface area (Å²) in [6, 6.07) is 4.37. The van der Waals surface area contributed by atoms with Crippen molar-refractivity contribution >= 4 is 0 Å². The van der Waals surface area contributed by atoms with Crippen LogP contribution >= 0.6 is 0 Å². The maximum atomic E-state index is 8.81. The molecule has 2 nitrogen and oxygen atoms in total. The molecule has 2 unspecified atom stereocenters. The third-order valence-electron chi connectivity index (χ3n) is 3.20. The van der Waals surface area contributed by atoms with Crippen molar-refractivity contribution in [1.82, 2.24) is 0 Å². The van der Waals surface area contributed by atoms with E-state index in [1.807, 2.05) is 0 Å². The summed E-state index contributed by atoms with van der Waals surface area (Å²) >= 11 is 0. The van der Waals surface area contributed by atoms with Gasteiger partial charge in [-0.3, -0.25) is 0 Å². The van der Waals surface area contributed by atoms with Crippen LogP contribution in [-0.2, 0) is 0 Å². The zero-order valence-corrected chi connectivity index (χ0v) is 6.38. The fourth-order valence-electron chi connectivity index (χ4n) is 2.48. The Kier molecular flexibility index (Phi) is 1.20. The first kappa shape index (κ1) is 6.68. The van der Waals surface area contributed by atoms with Gasteiger partial charge in [-0.2, -0.15) is 10.5 Å². The predicted molar refractivity (Wildman–Crippen MR) is 39.1 cm³/mol. The Morgan fingerprint density at radius 1 is 1.00 bits per heavy atom. The lowest BCUT2D eigenvalue weighted by molar-refractivity contribution is 0.480. The molecule has 0 radical (unpaired) electrons. The largest absolute Gasteiger partial charge is 0.197 e. The summed E-state index contributed by atoms with van der Waals surface area (Å²) in [6.45, 7) is 0. The summed E-state index contributed by atoms with van der Waals surface area (Å²) in [7, 11) is 0. The molecule has 2 saturated carbocycles. The Morgan fingerprint density at radius 2 is 1.45 bits per heavy atom. The molecule has 0 saturated heterocycles. The van der Waals surface area contributed by atoms with E-state index in [0.29, 0.717) is 11.8 Å². The Bertz CT molecular complexity index is 228. The van der Waals surface area contributed by atoms with Gasteiger partial charge in [-0.25, -0.2) is 0 Å². The van der Waals surface area contributed by atoms with Crippen molar-refractivity contribution in [2.24, 2.45) is 17.3 Å². The molecule has 0 spiro atoms. The van der Waals surface area contributed by atoms with Crippen molar-refractivity contribution in [3.05, 3.63) is 0 Å². The smallest absolute Gasteiger partial charge is 0.150 e. The number of nitrogens with zero attached hydrogens (tertiary/aromatic N) is 2. The molecular weight excluding hydrogens is 136 g/mol. The van der Waals surface area contributed by atoms with E-state index in [1.165, 1.54) is 12.8 Å². The summed E-state index contributed by atoms with van der Waals surface area (Å²) in [5, 5.41) is 17.6. The van der Waals surface area contributed by atoms with E-state index in [0.717, 1.165) is 12.8 Å². The Labute approximate surface area is 66.4 Å². The second kappa shape index (κ2) is 1.98. The van der Waals surface area contributed by atoms with Crippen LogP contribution in [0.5, 0.6) is 0 Å². The first-order valence-corrected chi connectivity index (χ1v) is 4.17. The fourth-order valence-corrected chi connectivity index (χ4v) is 2.48. The van der Waals surface area contributed by atoms with Gasteiger partial charge in [0, 0.05) is 0 Å². The van der Waals surface area contributed by atoms with Crippen LogP contribution in [-0.4, -0.2) is 0 Å². The first-order valence-electron chi connectivity index (χ1n) is 4.17. The molecular formula is C9H10N2. The maximum absolute atomic E-state index is 8.81. The SMILES string of the molecule is N#CC1(C#N)C2CCCCC21. The van der Waals surface area contributed by atoms with Crippen molar-refractivity contribution in [2.75, 3.05) is 0 Å². The third kappa shape index (κ3) is 0.648. The van der Waals surface area contributed by atoms with Gasteiger partial charge in [0.05, 0.1) is 12.1 Å². The molecule has 2 fully saturated rings. The van der Waals surface area contributed by atoms with Crippen LogP contribution in [0.3, 0.4) is 0 Å². The van der Waals surface area contributed by atoms with E-state index in [4.69, 9.17) is 10.5 Å². The Morgan fingerprint density at radius 3 is 1.82 bits per heavy atom. The molecule has 0 aromatic rings. The third-order valence-corrected chi connectivity index (χ3v) is 3.20. The van der Waals surface area contributed by atoms with E-state index in [-0.39, 0.29) is 0 Å². The normalized spacial score (nSPS) is 38.0. The van der Waals surface area contributed by atoms with Gasteiger partial charge in [-0.15, -0.1) is 0 Å². The van der Waals surface area contributed by atoms with Crippen LogP contribution in [0.1, 0.15) is 25.7 Å². The van der Waals surface area contributed by atoms with Crippen LogP contribution in [0, 0.1) is 39.9 Å². The van der Waals surface area contributed by atoms with Gasteiger partial charge in [0.25, 0.3) is 0 Å². The average molecular weight is 146 g/mol. The Hall–Kier alpha value is -1.02. The topological polar surface area (TPSA) is 47.6 Å². The molecule has 0 aliphatic heterocycles. The minimum absolute atomic E-state index is 0.422. The highest BCUT2D eigenvalue weighted by Crippen LogP contribution is 2.64. The Balaban J connectivity index is 2.22. The highest BCUT2D eigenvalue weighted by Gasteiger charge is 2.66. The van der Waals surface area contributed by atoms with E-state index in [1.54, 1.807) is 0 Å². The molecule has 2 heteroatoms. The fraction of sp³-hybridized carbons (Fsp3) is 0.778. The van der Waals surface area contributed by atoms with E-state index >= 15 is 0 Å². The zero-order chi connectivity index (χ0) is 7.90. The summed E-state index contributed by atoms with van der Waals surface area (Å²) in [5.74, 6) is 0.845. The van der Waals surface area contributed by atoms with Gasteiger partial charge >= 0.3 is 0 Å². The lowest BCUT2D eigenvalue weighted by atomic mass is 10.0. The summed E-state index contributed by atoms with van der Waals surface area (Å²) < 4.78 is 0. The monoisotopic (exact) mass is 146 g/mol. The highest BCUT2D eigenvalue weighted by atomic mass is 14.7. The summed E-state index contributed by atoms with van der Waals surface area (Å²) in [6.07, 6.45) is 4.64. The number of nitriles is 2. The van der Waals surface area contributed by atoms with Crippen LogP contribution in [0.2, 0.25) is 0 Å². The second-order valence-corrected chi connectivity index (χ2v) is 3.59. The molecule has 2 atom stereocenters. The van der Waals surface area contributed by atoms with Crippen LogP contribution in [0.4, 0.5) is 0 Å². The van der Waals surface area contributed by atoms with Gasteiger partial charge in [0.1, 0.15) is 5.41 Å². The van der Waals surface area contributed by atoms with Gasteiger partial charge < -0.3 is 0 Å². The lowest BCUT2D eigenvalue weighted by Crippen LogP contribution is -1.95. The predicted octanol–water partition coefficient (Wildman–Crippen LogP) is 1.84. The van der Waals surface area contributed by atoms with Crippen molar-refractivity contribution in [3.8, 4) is 12.1 Å². The molecule has 0 N–H and O–H groups in total. The van der Waals surface area contributed by atoms with Gasteiger partial charge in [0.15, 0.2) is 0 Å². The molecule has 0 aromatic carbocycles. The standard InChI is InChI=1S/C9H10N2/c10-5-9(6-11)7-3-1-2-4-8(7)9/h7-8H,1-4H2. The maximum Gasteiger partial charge on any atom is 0.150 e. The minimum Gasteiger partial charge on any atom is -0.197 e. The van der Waals surface area contributed by atoms with Gasteiger partial charge in [0.2, 0.25) is 0 Å². The number of fused-ring (bicyclic) bond motifs is 1. The second-order valence-electron chi connectivity index (χ2n) is 3.59. The lowest BCUT2D eigenvalue weighted by Gasteiger charge is -2.03. The minimum atomic E-state index is -0.559. The average Bonchev–Trinajstić information content (AvgIpc) is 2.74. The van der Waals surface area contributed by atoms with Crippen LogP contribution in [0.15, 0.2) is 0 Å². The van der Waals surface area contributed by atoms with E-state index in [9.17, 15) is 0 Å². The summed E-state index contributed by atoms with van der Waals surface area (Å²) in [4.78, 5) is 0. The molecule has 2 aliphatic carbocycles. The first-order chi connectivity index (χ1) is 5.35. The van der Waals surface area contributed by atoms with E-state index in [2.05, 4.69) is 12.1 Å². The molecule has 0 amide bonds.